The maximum Gasteiger partial charge on any atom is 0.277 e. The third-order valence-corrected chi connectivity index (χ3v) is 2.97. The molecule has 0 N–H and O–H groups in total. The van der Waals surface area contributed by atoms with E-state index in [9.17, 15) is 9.18 Å². The fourth-order valence-electron chi connectivity index (χ4n) is 1.29. The van der Waals surface area contributed by atoms with Gasteiger partial charge in [-0.25, -0.2) is 9.45 Å². The highest BCUT2D eigenvalue weighted by Gasteiger charge is 2.17. The van der Waals surface area contributed by atoms with Gasteiger partial charge >= 0.3 is 0 Å². The minimum atomic E-state index is -0.453. The largest absolute Gasteiger partial charge is 0.277 e. The van der Waals surface area contributed by atoms with Crippen LogP contribution in [0.25, 0.3) is 0 Å². The van der Waals surface area contributed by atoms with Crippen molar-refractivity contribution in [1.29, 1.82) is 0 Å². The van der Waals surface area contributed by atoms with E-state index < -0.39 is 5.82 Å². The quantitative estimate of drug-likeness (QED) is 0.801. The molecule has 5 heteroatoms. The molecule has 0 aliphatic carbocycles. The molecule has 0 bridgehead atoms. The smallest absolute Gasteiger partial charge is 0.271 e. The lowest BCUT2D eigenvalue weighted by molar-refractivity contribution is -0.100. The topological polar surface area (TPSA) is 29.5 Å². The van der Waals surface area contributed by atoms with Crippen molar-refractivity contribution in [2.24, 2.45) is 0 Å². The molecule has 0 saturated heterocycles. The molecule has 0 unspecified atom stereocenters. The molecule has 1 aromatic rings. The highest BCUT2D eigenvalue weighted by Crippen LogP contribution is 2.22. The Morgan fingerprint density at radius 2 is 2.19 bits per heavy atom. The lowest BCUT2D eigenvalue weighted by Crippen LogP contribution is -2.27. The molecule has 0 aromatic heterocycles. The zero-order chi connectivity index (χ0) is 12.3. The summed E-state index contributed by atoms with van der Waals surface area (Å²) in [6.45, 7) is 3.91. The number of halogens is 2. The average Bonchev–Trinajstić information content (AvgIpc) is 2.22. The minimum Gasteiger partial charge on any atom is -0.271 e. The van der Waals surface area contributed by atoms with Gasteiger partial charge in [0.2, 0.25) is 0 Å². The summed E-state index contributed by atoms with van der Waals surface area (Å²) >= 11 is 3.20. The first-order chi connectivity index (χ1) is 7.47. The van der Waals surface area contributed by atoms with E-state index in [1.54, 1.807) is 13.8 Å². The van der Waals surface area contributed by atoms with Crippen molar-refractivity contribution in [3.05, 3.63) is 33.5 Å². The Bertz CT molecular complexity index is 409. The van der Waals surface area contributed by atoms with Crippen LogP contribution in [0.2, 0.25) is 0 Å². The van der Waals surface area contributed by atoms with Gasteiger partial charge in [-0.05, 0) is 31.5 Å². The highest BCUT2D eigenvalue weighted by molar-refractivity contribution is 9.10. The second-order valence-electron chi connectivity index (χ2n) is 3.28. The zero-order valence-corrected chi connectivity index (χ0v) is 11.0. The molecule has 1 aromatic carbocycles. The molecule has 0 radical (unpaired) electrons. The number of hydrogen-bond donors (Lipinski definition) is 0. The Morgan fingerprint density at radius 1 is 1.56 bits per heavy atom. The molecule has 0 aliphatic rings. The summed E-state index contributed by atoms with van der Waals surface area (Å²) in [6, 6.07) is 2.53. The van der Waals surface area contributed by atoms with E-state index in [0.717, 1.165) is 5.06 Å². The van der Waals surface area contributed by atoms with Crippen molar-refractivity contribution >= 4 is 21.8 Å². The van der Waals surface area contributed by atoms with Crippen LogP contribution in [0.5, 0.6) is 0 Å². The summed E-state index contributed by atoms with van der Waals surface area (Å²) < 4.78 is 13.7. The molecule has 0 saturated carbocycles. The van der Waals surface area contributed by atoms with Crippen molar-refractivity contribution in [1.82, 2.24) is 5.06 Å². The number of benzene rings is 1. The molecular formula is C11H13BrFNO2. The Morgan fingerprint density at radius 3 is 2.75 bits per heavy atom. The van der Waals surface area contributed by atoms with E-state index in [1.807, 2.05) is 0 Å². The van der Waals surface area contributed by atoms with Gasteiger partial charge in [-0.15, -0.1) is 0 Å². The summed E-state index contributed by atoms with van der Waals surface area (Å²) in [5.74, 6) is -0.815. The van der Waals surface area contributed by atoms with Gasteiger partial charge in [-0.3, -0.25) is 9.63 Å². The van der Waals surface area contributed by atoms with Crippen LogP contribution in [-0.2, 0) is 4.84 Å². The molecule has 0 heterocycles. The Kier molecular flexibility index (Phi) is 4.44. The van der Waals surface area contributed by atoms with Crippen LogP contribution < -0.4 is 0 Å². The van der Waals surface area contributed by atoms with Crippen molar-refractivity contribution in [3.8, 4) is 0 Å². The molecule has 0 spiro atoms. The third-order valence-electron chi connectivity index (χ3n) is 2.15. The van der Waals surface area contributed by atoms with E-state index in [2.05, 4.69) is 15.9 Å². The molecule has 88 valence electrons. The molecule has 1 amide bonds. The first kappa shape index (κ1) is 13.1. The van der Waals surface area contributed by atoms with E-state index in [1.165, 1.54) is 19.2 Å². The Labute approximate surface area is 102 Å². The first-order valence-corrected chi connectivity index (χ1v) is 5.63. The number of hydrogen-bond acceptors (Lipinski definition) is 2. The number of nitrogens with zero attached hydrogens (tertiary/aromatic N) is 1. The van der Waals surface area contributed by atoms with E-state index in [4.69, 9.17) is 4.84 Å². The number of amides is 1. The zero-order valence-electron chi connectivity index (χ0n) is 9.38. The molecular weight excluding hydrogens is 277 g/mol. The summed E-state index contributed by atoms with van der Waals surface area (Å²) in [5.41, 5.74) is 0.987. The van der Waals surface area contributed by atoms with Crippen LogP contribution >= 0.6 is 15.9 Å². The van der Waals surface area contributed by atoms with Crippen molar-refractivity contribution in [2.45, 2.75) is 13.8 Å². The normalized spacial score (nSPS) is 10.3. The fourth-order valence-corrected chi connectivity index (χ4v) is 1.72. The van der Waals surface area contributed by atoms with Gasteiger partial charge in [-0.2, -0.15) is 0 Å². The molecule has 0 fully saturated rings. The molecule has 1 rings (SSSR count). The van der Waals surface area contributed by atoms with Crippen LogP contribution in [0, 0.1) is 12.7 Å². The SMILES string of the molecule is CCON(C)C(=O)c1cc(F)cc(Br)c1C. The van der Waals surface area contributed by atoms with Gasteiger partial charge in [0.1, 0.15) is 5.82 Å². The number of hydroxylamine groups is 2. The summed E-state index contributed by atoms with van der Waals surface area (Å²) in [7, 11) is 1.50. The van der Waals surface area contributed by atoms with Crippen LogP contribution in [0.4, 0.5) is 4.39 Å². The lowest BCUT2D eigenvalue weighted by atomic mass is 10.1. The number of carbonyl (C=O) groups is 1. The number of rotatable bonds is 3. The van der Waals surface area contributed by atoms with Gasteiger partial charge in [-0.1, -0.05) is 15.9 Å². The standard InChI is InChI=1S/C11H13BrFNO2/c1-4-16-14(3)11(15)9-5-8(13)6-10(12)7(9)2/h5-6H,4H2,1-3H3. The fraction of sp³-hybridized carbons (Fsp3) is 0.364. The van der Waals surface area contributed by atoms with E-state index in [0.29, 0.717) is 22.2 Å². The summed E-state index contributed by atoms with van der Waals surface area (Å²) in [6.07, 6.45) is 0. The van der Waals surface area contributed by atoms with Gasteiger partial charge < -0.3 is 0 Å². The van der Waals surface area contributed by atoms with Crippen molar-refractivity contribution in [2.75, 3.05) is 13.7 Å². The number of carbonyl (C=O) groups excluding carboxylic acids is 1. The van der Waals surface area contributed by atoms with E-state index in [-0.39, 0.29) is 5.91 Å². The van der Waals surface area contributed by atoms with E-state index >= 15 is 0 Å². The van der Waals surface area contributed by atoms with Crippen molar-refractivity contribution < 1.29 is 14.0 Å². The summed E-state index contributed by atoms with van der Waals surface area (Å²) in [5, 5.41) is 1.11. The van der Waals surface area contributed by atoms with Gasteiger partial charge in [0.15, 0.2) is 0 Å². The monoisotopic (exact) mass is 289 g/mol. The van der Waals surface area contributed by atoms with Gasteiger partial charge in [0.25, 0.3) is 5.91 Å². The van der Waals surface area contributed by atoms with Crippen LogP contribution in [0.15, 0.2) is 16.6 Å². The maximum absolute atomic E-state index is 13.2. The van der Waals surface area contributed by atoms with Crippen LogP contribution in [0.1, 0.15) is 22.8 Å². The first-order valence-electron chi connectivity index (χ1n) is 4.84. The second kappa shape index (κ2) is 5.41. The van der Waals surface area contributed by atoms with Crippen LogP contribution in [0.3, 0.4) is 0 Å². The molecule has 16 heavy (non-hydrogen) atoms. The summed E-state index contributed by atoms with van der Waals surface area (Å²) in [4.78, 5) is 16.9. The second-order valence-corrected chi connectivity index (χ2v) is 4.13. The Balaban J connectivity index is 3.08. The minimum absolute atomic E-state index is 0.294. The molecule has 0 aliphatic heterocycles. The van der Waals surface area contributed by atoms with Crippen LogP contribution in [-0.4, -0.2) is 24.6 Å². The molecule has 0 atom stereocenters. The third kappa shape index (κ3) is 2.80. The Hall–Kier alpha value is -0.940. The van der Waals surface area contributed by atoms with Crippen molar-refractivity contribution in [3.63, 3.8) is 0 Å². The van der Waals surface area contributed by atoms with Gasteiger partial charge in [0, 0.05) is 17.1 Å². The average molecular weight is 290 g/mol. The van der Waals surface area contributed by atoms with Gasteiger partial charge in [0.05, 0.1) is 6.61 Å². The highest BCUT2D eigenvalue weighted by atomic mass is 79.9. The predicted molar refractivity (Wildman–Crippen MR) is 62.6 cm³/mol. The maximum atomic E-state index is 13.2. The molecule has 3 nitrogen and oxygen atoms in total. The predicted octanol–water partition coefficient (Wildman–Crippen LogP) is 2.92. The lowest BCUT2D eigenvalue weighted by Gasteiger charge is -2.17.